The number of nitrogens with one attached hydrogen (secondary N) is 1. The van der Waals surface area contributed by atoms with Gasteiger partial charge in [0.05, 0.1) is 0 Å². The molecule has 1 aromatic carbocycles. The molecule has 2 N–H and O–H groups in total. The van der Waals surface area contributed by atoms with Gasteiger partial charge in [-0.2, -0.15) is 0 Å². The second-order valence-corrected chi connectivity index (χ2v) is 5.90. The van der Waals surface area contributed by atoms with Gasteiger partial charge >= 0.3 is 5.97 Å². The summed E-state index contributed by atoms with van der Waals surface area (Å²) in [6, 6.07) is 6.06. The molecule has 1 aliphatic heterocycles. The van der Waals surface area contributed by atoms with E-state index in [1.807, 2.05) is 12.1 Å². The summed E-state index contributed by atoms with van der Waals surface area (Å²) in [6.45, 7) is 3.06. The molecule has 3 amide bonds. The van der Waals surface area contributed by atoms with E-state index in [0.29, 0.717) is 12.1 Å². The number of carboxylic acids is 1. The van der Waals surface area contributed by atoms with Crippen LogP contribution in [0.5, 0.6) is 0 Å². The van der Waals surface area contributed by atoms with Crippen LogP contribution in [0, 0.1) is 0 Å². The van der Waals surface area contributed by atoms with Gasteiger partial charge in [0.25, 0.3) is 5.91 Å². The van der Waals surface area contributed by atoms with Crippen molar-refractivity contribution in [3.05, 3.63) is 35.4 Å². The zero-order valence-corrected chi connectivity index (χ0v) is 14.2. The molecule has 0 radical (unpaired) electrons. The SMILES string of the molecule is CC(=O)NCCN(C(=O)CN1Cc2ccccc2C1=O)C(C)C(=O)O. The van der Waals surface area contributed by atoms with Crippen molar-refractivity contribution in [2.45, 2.75) is 26.4 Å². The van der Waals surface area contributed by atoms with Crippen LogP contribution in [0.15, 0.2) is 24.3 Å². The highest BCUT2D eigenvalue weighted by Crippen LogP contribution is 2.22. The van der Waals surface area contributed by atoms with Gasteiger partial charge in [-0.15, -0.1) is 0 Å². The molecule has 1 heterocycles. The summed E-state index contributed by atoms with van der Waals surface area (Å²) in [4.78, 5) is 49.7. The van der Waals surface area contributed by atoms with Gasteiger partial charge in [-0.25, -0.2) is 4.79 Å². The molecule has 134 valence electrons. The fraction of sp³-hybridized carbons (Fsp3) is 0.412. The maximum absolute atomic E-state index is 12.6. The number of amides is 3. The number of nitrogens with zero attached hydrogens (tertiary/aromatic N) is 2. The Morgan fingerprint density at radius 3 is 2.60 bits per heavy atom. The Hall–Kier alpha value is -2.90. The molecule has 8 nitrogen and oxygen atoms in total. The molecule has 0 spiro atoms. The van der Waals surface area contributed by atoms with Crippen LogP contribution < -0.4 is 5.32 Å². The summed E-state index contributed by atoms with van der Waals surface area (Å²) in [5.74, 6) is -2.12. The quantitative estimate of drug-likeness (QED) is 0.726. The first-order chi connectivity index (χ1) is 11.8. The van der Waals surface area contributed by atoms with Crippen molar-refractivity contribution < 1.29 is 24.3 Å². The average Bonchev–Trinajstić information content (AvgIpc) is 2.87. The van der Waals surface area contributed by atoms with Crippen LogP contribution in [-0.4, -0.2) is 64.3 Å². The first kappa shape index (κ1) is 18.4. The molecule has 0 aliphatic carbocycles. The van der Waals surface area contributed by atoms with Crippen molar-refractivity contribution in [3.8, 4) is 0 Å². The Bertz CT molecular complexity index is 703. The highest BCUT2D eigenvalue weighted by molar-refractivity contribution is 6.00. The van der Waals surface area contributed by atoms with Crippen LogP contribution in [-0.2, 0) is 20.9 Å². The van der Waals surface area contributed by atoms with Gasteiger partial charge in [-0.1, -0.05) is 18.2 Å². The molecular formula is C17H21N3O5. The van der Waals surface area contributed by atoms with E-state index >= 15 is 0 Å². The second-order valence-electron chi connectivity index (χ2n) is 5.90. The largest absolute Gasteiger partial charge is 0.480 e. The third kappa shape index (κ3) is 4.34. The molecule has 0 fully saturated rings. The van der Waals surface area contributed by atoms with Crippen molar-refractivity contribution in [3.63, 3.8) is 0 Å². The zero-order chi connectivity index (χ0) is 18.6. The van der Waals surface area contributed by atoms with E-state index < -0.39 is 17.9 Å². The number of carboxylic acid groups (broad SMARTS) is 1. The van der Waals surface area contributed by atoms with Gasteiger partial charge in [0.2, 0.25) is 11.8 Å². The van der Waals surface area contributed by atoms with Gasteiger partial charge in [0, 0.05) is 32.1 Å². The lowest BCUT2D eigenvalue weighted by atomic mass is 10.1. The van der Waals surface area contributed by atoms with E-state index in [2.05, 4.69) is 5.32 Å². The minimum Gasteiger partial charge on any atom is -0.480 e. The van der Waals surface area contributed by atoms with Gasteiger partial charge in [0.1, 0.15) is 12.6 Å². The Morgan fingerprint density at radius 2 is 2.00 bits per heavy atom. The van der Waals surface area contributed by atoms with Crippen molar-refractivity contribution in [1.29, 1.82) is 0 Å². The number of fused-ring (bicyclic) bond motifs is 1. The number of rotatable bonds is 7. The fourth-order valence-corrected chi connectivity index (χ4v) is 2.72. The molecule has 25 heavy (non-hydrogen) atoms. The molecule has 0 saturated heterocycles. The van der Waals surface area contributed by atoms with Crippen LogP contribution >= 0.6 is 0 Å². The van der Waals surface area contributed by atoms with E-state index in [0.717, 1.165) is 10.5 Å². The number of carbonyl (C=O) groups is 4. The molecule has 1 aliphatic rings. The normalized spacial score (nSPS) is 14.0. The maximum Gasteiger partial charge on any atom is 0.326 e. The lowest BCUT2D eigenvalue weighted by Gasteiger charge is -2.28. The molecule has 8 heteroatoms. The van der Waals surface area contributed by atoms with E-state index in [9.17, 15) is 24.3 Å². The Labute approximate surface area is 145 Å². The molecule has 0 saturated carbocycles. The standard InChI is InChI=1S/C17H21N3O5/c1-11(17(24)25)20(8-7-18-12(2)21)15(22)10-19-9-13-5-3-4-6-14(13)16(19)23/h3-6,11H,7-10H2,1-2H3,(H,18,21)(H,24,25). The van der Waals surface area contributed by atoms with Crippen LogP contribution in [0.3, 0.4) is 0 Å². The molecule has 1 atom stereocenters. The topological polar surface area (TPSA) is 107 Å². The minimum atomic E-state index is -1.15. The van der Waals surface area contributed by atoms with Crippen LogP contribution in [0.4, 0.5) is 0 Å². The highest BCUT2D eigenvalue weighted by atomic mass is 16.4. The number of benzene rings is 1. The predicted molar refractivity (Wildman–Crippen MR) is 88.7 cm³/mol. The summed E-state index contributed by atoms with van der Waals surface area (Å²) in [6.07, 6.45) is 0. The van der Waals surface area contributed by atoms with E-state index in [1.54, 1.807) is 12.1 Å². The monoisotopic (exact) mass is 347 g/mol. The summed E-state index contributed by atoms with van der Waals surface area (Å²) in [5.41, 5.74) is 1.41. The second kappa shape index (κ2) is 7.78. The third-order valence-electron chi connectivity index (χ3n) is 4.09. The maximum atomic E-state index is 12.6. The third-order valence-corrected chi connectivity index (χ3v) is 4.09. The van der Waals surface area contributed by atoms with Gasteiger partial charge in [0.15, 0.2) is 0 Å². The molecule has 0 aromatic heterocycles. The van der Waals surface area contributed by atoms with Crippen LogP contribution in [0.25, 0.3) is 0 Å². The van der Waals surface area contributed by atoms with E-state index in [-0.39, 0.29) is 31.4 Å². The van der Waals surface area contributed by atoms with Crippen molar-refractivity contribution in [2.75, 3.05) is 19.6 Å². The lowest BCUT2D eigenvalue weighted by molar-refractivity contribution is -0.149. The summed E-state index contributed by atoms with van der Waals surface area (Å²) in [5, 5.41) is 11.7. The zero-order valence-electron chi connectivity index (χ0n) is 14.2. The number of hydrogen-bond donors (Lipinski definition) is 2. The predicted octanol–water partition coefficient (Wildman–Crippen LogP) is 0.0802. The summed E-state index contributed by atoms with van der Waals surface area (Å²) < 4.78 is 0. The lowest BCUT2D eigenvalue weighted by Crippen LogP contribution is -2.50. The summed E-state index contributed by atoms with van der Waals surface area (Å²) >= 11 is 0. The number of aliphatic carboxylic acids is 1. The smallest absolute Gasteiger partial charge is 0.326 e. The Balaban J connectivity index is 2.05. The molecule has 1 unspecified atom stereocenters. The highest BCUT2D eigenvalue weighted by Gasteiger charge is 2.32. The van der Waals surface area contributed by atoms with Crippen molar-refractivity contribution in [2.24, 2.45) is 0 Å². The Morgan fingerprint density at radius 1 is 1.32 bits per heavy atom. The van der Waals surface area contributed by atoms with E-state index in [1.165, 1.54) is 18.7 Å². The van der Waals surface area contributed by atoms with Gasteiger partial charge in [-0.3, -0.25) is 14.4 Å². The molecule has 0 bridgehead atoms. The van der Waals surface area contributed by atoms with Crippen LogP contribution in [0.2, 0.25) is 0 Å². The summed E-state index contributed by atoms with van der Waals surface area (Å²) in [7, 11) is 0. The van der Waals surface area contributed by atoms with Gasteiger partial charge in [-0.05, 0) is 18.6 Å². The van der Waals surface area contributed by atoms with Gasteiger partial charge < -0.3 is 20.2 Å². The van der Waals surface area contributed by atoms with Crippen molar-refractivity contribution in [1.82, 2.24) is 15.1 Å². The fourth-order valence-electron chi connectivity index (χ4n) is 2.72. The van der Waals surface area contributed by atoms with E-state index in [4.69, 9.17) is 0 Å². The Kier molecular flexibility index (Phi) is 5.74. The molecule has 1 aromatic rings. The number of carbonyl (C=O) groups excluding carboxylic acids is 3. The number of hydrogen-bond acceptors (Lipinski definition) is 4. The minimum absolute atomic E-state index is 0.0564. The molecule has 2 rings (SSSR count). The molecular weight excluding hydrogens is 326 g/mol. The van der Waals surface area contributed by atoms with Crippen LogP contribution in [0.1, 0.15) is 29.8 Å². The first-order valence-corrected chi connectivity index (χ1v) is 7.95. The van der Waals surface area contributed by atoms with Crippen molar-refractivity contribution >= 4 is 23.7 Å². The average molecular weight is 347 g/mol. The first-order valence-electron chi connectivity index (χ1n) is 7.95.